The van der Waals surface area contributed by atoms with Gasteiger partial charge in [-0.3, -0.25) is 15.2 Å². The summed E-state index contributed by atoms with van der Waals surface area (Å²) in [7, 11) is 1.59. The second kappa shape index (κ2) is 13.6. The average Bonchev–Trinajstić information content (AvgIpc) is 2.89. The van der Waals surface area contributed by atoms with Crippen molar-refractivity contribution in [1.82, 2.24) is 25.3 Å². The van der Waals surface area contributed by atoms with Crippen LogP contribution in [0.1, 0.15) is 48.6 Å². The van der Waals surface area contributed by atoms with Crippen LogP contribution in [0.15, 0.2) is 53.8 Å². The van der Waals surface area contributed by atoms with Crippen molar-refractivity contribution < 1.29 is 9.53 Å². The topological polar surface area (TPSA) is 118 Å². The number of amides is 1. The Labute approximate surface area is 205 Å². The number of hydrogen-bond donors (Lipinski definition) is 2. The Morgan fingerprint density at radius 3 is 2.63 bits per heavy atom. The molecular formula is C25H32N8O2. The number of carbonyl (C=O) groups excluding carboxylic acids is 1. The van der Waals surface area contributed by atoms with Crippen LogP contribution in [0.4, 0.5) is 11.6 Å². The van der Waals surface area contributed by atoms with Gasteiger partial charge >= 0.3 is 6.01 Å². The fourth-order valence-corrected chi connectivity index (χ4v) is 3.31. The van der Waals surface area contributed by atoms with E-state index in [1.54, 1.807) is 31.4 Å². The van der Waals surface area contributed by atoms with Crippen molar-refractivity contribution in [3.63, 3.8) is 0 Å². The highest BCUT2D eigenvalue weighted by molar-refractivity contribution is 5.94. The van der Waals surface area contributed by atoms with Crippen molar-refractivity contribution in [2.75, 3.05) is 37.1 Å². The molecule has 0 radical (unpaired) electrons. The van der Waals surface area contributed by atoms with Crippen LogP contribution in [-0.2, 0) is 6.42 Å². The van der Waals surface area contributed by atoms with E-state index < -0.39 is 0 Å². The molecule has 3 rings (SSSR count). The number of pyridine rings is 1. The highest BCUT2D eigenvalue weighted by Gasteiger charge is 2.13. The third-order valence-electron chi connectivity index (χ3n) is 4.93. The highest BCUT2D eigenvalue weighted by atomic mass is 16.5. The third kappa shape index (κ3) is 8.02. The Balaban J connectivity index is 1.77. The standard InChI is InChI=1S/C25H32N8O2/c1-4-14-33(15-5-2)24-29-22(18-28-32-21-11-8-9-19(17-21)23(34)26-3)30-25(31-24)35-16-12-20-10-6-7-13-27-20/h6-11,13,17-18,32H,4-5,12,14-16H2,1-3H3,(H,26,34)/b28-18+. The van der Waals surface area contributed by atoms with E-state index in [0.717, 1.165) is 31.6 Å². The molecule has 2 N–H and O–H groups in total. The van der Waals surface area contributed by atoms with Crippen molar-refractivity contribution >= 4 is 23.8 Å². The van der Waals surface area contributed by atoms with Crippen molar-refractivity contribution in [2.45, 2.75) is 33.1 Å². The average molecular weight is 477 g/mol. The molecule has 0 aliphatic carbocycles. The largest absolute Gasteiger partial charge is 0.463 e. The summed E-state index contributed by atoms with van der Waals surface area (Å²) >= 11 is 0. The molecule has 0 unspecified atom stereocenters. The van der Waals surface area contributed by atoms with Gasteiger partial charge in [0.1, 0.15) is 0 Å². The van der Waals surface area contributed by atoms with E-state index in [1.165, 1.54) is 6.21 Å². The molecule has 184 valence electrons. The minimum absolute atomic E-state index is 0.167. The molecule has 0 saturated carbocycles. The lowest BCUT2D eigenvalue weighted by Crippen LogP contribution is -2.27. The van der Waals surface area contributed by atoms with Gasteiger partial charge < -0.3 is 15.0 Å². The number of benzene rings is 1. The SMILES string of the molecule is CCCN(CCC)c1nc(/C=N/Nc2cccc(C(=O)NC)c2)nc(OCCc2ccccn2)n1. The third-order valence-corrected chi connectivity index (χ3v) is 4.93. The van der Waals surface area contributed by atoms with Crippen molar-refractivity contribution in [2.24, 2.45) is 5.10 Å². The molecule has 35 heavy (non-hydrogen) atoms. The highest BCUT2D eigenvalue weighted by Crippen LogP contribution is 2.14. The number of hydrogen-bond acceptors (Lipinski definition) is 9. The van der Waals surface area contributed by atoms with Crippen LogP contribution >= 0.6 is 0 Å². The van der Waals surface area contributed by atoms with Crippen LogP contribution in [0.5, 0.6) is 6.01 Å². The van der Waals surface area contributed by atoms with Crippen molar-refractivity contribution in [3.8, 4) is 6.01 Å². The second-order valence-corrected chi connectivity index (χ2v) is 7.71. The maximum absolute atomic E-state index is 11.9. The van der Waals surface area contributed by atoms with Crippen LogP contribution in [0.2, 0.25) is 0 Å². The van der Waals surface area contributed by atoms with Crippen LogP contribution in [0.25, 0.3) is 0 Å². The molecule has 0 spiro atoms. The lowest BCUT2D eigenvalue weighted by molar-refractivity contribution is 0.0963. The lowest BCUT2D eigenvalue weighted by Gasteiger charge is -2.21. The van der Waals surface area contributed by atoms with Gasteiger partial charge in [-0.1, -0.05) is 26.0 Å². The molecular weight excluding hydrogens is 444 g/mol. The molecule has 1 amide bonds. The first-order chi connectivity index (χ1) is 17.1. The number of nitrogens with one attached hydrogen (secondary N) is 2. The summed E-state index contributed by atoms with van der Waals surface area (Å²) in [6, 6.07) is 13.1. The van der Waals surface area contributed by atoms with Gasteiger partial charge in [0, 0.05) is 44.0 Å². The van der Waals surface area contributed by atoms with Crippen LogP contribution in [0.3, 0.4) is 0 Å². The van der Waals surface area contributed by atoms with Gasteiger partial charge in [-0.2, -0.15) is 20.1 Å². The van der Waals surface area contributed by atoms with Crippen LogP contribution < -0.4 is 20.4 Å². The first-order valence-electron chi connectivity index (χ1n) is 11.8. The Bertz CT molecular complexity index is 1100. The molecule has 10 heteroatoms. The first-order valence-corrected chi connectivity index (χ1v) is 11.8. The van der Waals surface area contributed by atoms with E-state index in [-0.39, 0.29) is 11.9 Å². The van der Waals surface area contributed by atoms with Crippen molar-refractivity contribution in [1.29, 1.82) is 0 Å². The number of ether oxygens (including phenoxy) is 1. The van der Waals surface area contributed by atoms with Gasteiger partial charge in [-0.25, -0.2) is 0 Å². The Kier molecular flexibility index (Phi) is 9.91. The Morgan fingerprint density at radius 1 is 1.09 bits per heavy atom. The maximum Gasteiger partial charge on any atom is 0.321 e. The number of carbonyl (C=O) groups is 1. The van der Waals surface area contributed by atoms with E-state index >= 15 is 0 Å². The summed E-state index contributed by atoms with van der Waals surface area (Å²) in [6.07, 6.45) is 5.85. The molecule has 2 heterocycles. The van der Waals surface area contributed by atoms with Crippen LogP contribution in [-0.4, -0.2) is 58.8 Å². The number of nitrogens with zero attached hydrogens (tertiary/aromatic N) is 6. The molecule has 0 saturated heterocycles. The summed E-state index contributed by atoms with van der Waals surface area (Å²) in [5.74, 6) is 0.758. The summed E-state index contributed by atoms with van der Waals surface area (Å²) < 4.78 is 5.86. The molecule has 2 aromatic heterocycles. The fraction of sp³-hybridized carbons (Fsp3) is 0.360. The summed E-state index contributed by atoms with van der Waals surface area (Å²) in [5.41, 5.74) is 5.06. The van der Waals surface area contributed by atoms with Crippen LogP contribution in [0, 0.1) is 0 Å². The summed E-state index contributed by atoms with van der Waals surface area (Å²) in [6.45, 7) is 6.28. The minimum Gasteiger partial charge on any atom is -0.463 e. The predicted octanol–water partition coefficient (Wildman–Crippen LogP) is 3.32. The minimum atomic E-state index is -0.167. The Morgan fingerprint density at radius 2 is 1.91 bits per heavy atom. The van der Waals surface area contributed by atoms with Gasteiger partial charge in [0.2, 0.25) is 5.95 Å². The molecule has 10 nitrogen and oxygen atoms in total. The van der Waals surface area contributed by atoms with E-state index in [1.807, 2.05) is 24.3 Å². The van der Waals surface area contributed by atoms with Gasteiger partial charge in [0.05, 0.1) is 18.5 Å². The normalized spacial score (nSPS) is 10.8. The molecule has 0 aliphatic heterocycles. The molecule has 1 aromatic carbocycles. The molecule has 0 bridgehead atoms. The van der Waals surface area contributed by atoms with Gasteiger partial charge in [0.25, 0.3) is 5.91 Å². The molecule has 3 aromatic rings. The maximum atomic E-state index is 11.9. The quantitative estimate of drug-likeness (QED) is 0.285. The number of anilines is 2. The smallest absolute Gasteiger partial charge is 0.321 e. The summed E-state index contributed by atoms with van der Waals surface area (Å²) in [4.78, 5) is 31.8. The van der Waals surface area contributed by atoms with Crippen molar-refractivity contribution in [3.05, 3.63) is 65.7 Å². The monoisotopic (exact) mass is 476 g/mol. The molecule has 0 aliphatic rings. The zero-order chi connectivity index (χ0) is 24.9. The Hall–Kier alpha value is -4.08. The number of rotatable bonds is 13. The number of hydrazone groups is 1. The lowest BCUT2D eigenvalue weighted by atomic mass is 10.2. The van der Waals surface area contributed by atoms with E-state index in [9.17, 15) is 4.79 Å². The zero-order valence-corrected chi connectivity index (χ0v) is 20.4. The number of aromatic nitrogens is 4. The second-order valence-electron chi connectivity index (χ2n) is 7.71. The van der Waals surface area contributed by atoms with E-state index in [2.05, 4.69) is 54.5 Å². The van der Waals surface area contributed by atoms with E-state index in [0.29, 0.717) is 36.1 Å². The predicted molar refractivity (Wildman–Crippen MR) is 137 cm³/mol. The van der Waals surface area contributed by atoms with Gasteiger partial charge in [0.15, 0.2) is 5.82 Å². The molecule has 0 atom stereocenters. The van der Waals surface area contributed by atoms with Gasteiger partial charge in [-0.05, 0) is 43.2 Å². The summed E-state index contributed by atoms with van der Waals surface area (Å²) in [5, 5.41) is 6.86. The van der Waals surface area contributed by atoms with E-state index in [4.69, 9.17) is 4.74 Å². The van der Waals surface area contributed by atoms with Gasteiger partial charge in [-0.15, -0.1) is 0 Å². The fourth-order valence-electron chi connectivity index (χ4n) is 3.31. The molecule has 0 fully saturated rings. The zero-order valence-electron chi connectivity index (χ0n) is 20.4. The first kappa shape index (κ1) is 25.5.